The predicted octanol–water partition coefficient (Wildman–Crippen LogP) is 0.996. The molecule has 2 bridgehead atoms. The van der Waals surface area contributed by atoms with Crippen molar-refractivity contribution in [2.45, 2.75) is 18.9 Å². The third-order valence-electron chi connectivity index (χ3n) is 4.98. The number of furan rings is 1. The van der Waals surface area contributed by atoms with Crippen LogP contribution in [0.5, 0.6) is 0 Å². The van der Waals surface area contributed by atoms with Crippen molar-refractivity contribution >= 4 is 16.9 Å². The van der Waals surface area contributed by atoms with E-state index in [0.717, 1.165) is 37.9 Å². The molecule has 0 radical (unpaired) electrons. The van der Waals surface area contributed by atoms with E-state index in [0.29, 0.717) is 22.8 Å². The standard InChI is InChI=1S/C18H19N3O3/c22-9-1-2-13-11-24-17-14(13)3-6-19-16(17)18(23)20-15-10-21-7-4-12(15)5-8-21/h3,6,11-12,15,22H,4-5,7-10H2,(H,20,23)/t15-/m0/s1. The molecule has 3 saturated heterocycles. The average Bonchev–Trinajstić information content (AvgIpc) is 3.04. The van der Waals surface area contributed by atoms with Gasteiger partial charge in [-0.3, -0.25) is 4.79 Å². The summed E-state index contributed by atoms with van der Waals surface area (Å²) in [6.45, 7) is 2.97. The summed E-state index contributed by atoms with van der Waals surface area (Å²) in [6.07, 6.45) is 5.38. The first-order valence-corrected chi connectivity index (χ1v) is 8.25. The lowest BCUT2D eigenvalue weighted by molar-refractivity contribution is 0.0618. The van der Waals surface area contributed by atoms with E-state index in [1.165, 1.54) is 6.26 Å². The van der Waals surface area contributed by atoms with E-state index in [4.69, 9.17) is 9.52 Å². The number of rotatable bonds is 2. The zero-order chi connectivity index (χ0) is 16.5. The lowest BCUT2D eigenvalue weighted by atomic mass is 9.84. The molecule has 0 unspecified atom stereocenters. The first kappa shape index (κ1) is 15.2. The number of amides is 1. The molecule has 1 atom stereocenters. The molecular weight excluding hydrogens is 306 g/mol. The summed E-state index contributed by atoms with van der Waals surface area (Å²) in [4.78, 5) is 19.3. The minimum Gasteiger partial charge on any atom is -0.460 e. The SMILES string of the molecule is O=C(N[C@H]1CN2CCC1CC2)c1nccc2c(C#CCO)coc12. The molecule has 5 rings (SSSR count). The van der Waals surface area contributed by atoms with Gasteiger partial charge in [0, 0.05) is 24.2 Å². The fourth-order valence-electron chi connectivity index (χ4n) is 3.72. The monoisotopic (exact) mass is 325 g/mol. The Kier molecular flexibility index (Phi) is 3.97. The molecule has 0 spiro atoms. The Morgan fingerprint density at radius 2 is 2.29 bits per heavy atom. The molecule has 0 aliphatic carbocycles. The summed E-state index contributed by atoms with van der Waals surface area (Å²) in [5, 5.41) is 12.7. The van der Waals surface area contributed by atoms with Gasteiger partial charge in [0.1, 0.15) is 12.9 Å². The summed E-state index contributed by atoms with van der Waals surface area (Å²) < 4.78 is 5.53. The van der Waals surface area contributed by atoms with Crippen molar-refractivity contribution in [3.05, 3.63) is 29.8 Å². The Hall–Kier alpha value is -2.36. The van der Waals surface area contributed by atoms with Crippen LogP contribution < -0.4 is 5.32 Å². The van der Waals surface area contributed by atoms with E-state index >= 15 is 0 Å². The second kappa shape index (κ2) is 6.27. The highest BCUT2D eigenvalue weighted by atomic mass is 16.3. The lowest BCUT2D eigenvalue weighted by Gasteiger charge is -2.44. The van der Waals surface area contributed by atoms with Crippen molar-refractivity contribution in [3.63, 3.8) is 0 Å². The van der Waals surface area contributed by atoms with Crippen molar-refractivity contribution in [2.24, 2.45) is 5.92 Å². The van der Waals surface area contributed by atoms with Gasteiger partial charge in [-0.2, -0.15) is 0 Å². The molecule has 1 amide bonds. The van der Waals surface area contributed by atoms with Crippen LogP contribution in [0.1, 0.15) is 28.9 Å². The molecule has 3 aliphatic rings. The maximum atomic E-state index is 12.7. The summed E-state index contributed by atoms with van der Waals surface area (Å²) in [6, 6.07) is 1.95. The number of aromatic nitrogens is 1. The third kappa shape index (κ3) is 2.66. The van der Waals surface area contributed by atoms with Gasteiger partial charge in [0.05, 0.1) is 5.56 Å². The molecule has 24 heavy (non-hydrogen) atoms. The number of nitrogens with zero attached hydrogens (tertiary/aromatic N) is 2. The largest absolute Gasteiger partial charge is 0.460 e. The maximum Gasteiger partial charge on any atom is 0.274 e. The fraction of sp³-hybridized carbons (Fsp3) is 0.444. The topological polar surface area (TPSA) is 78.6 Å². The van der Waals surface area contributed by atoms with Crippen LogP contribution in [0.15, 0.2) is 22.9 Å². The van der Waals surface area contributed by atoms with E-state index < -0.39 is 0 Å². The first-order valence-electron chi connectivity index (χ1n) is 8.25. The van der Waals surface area contributed by atoms with E-state index in [9.17, 15) is 4.79 Å². The molecule has 2 aromatic rings. The molecule has 5 heterocycles. The van der Waals surface area contributed by atoms with Gasteiger partial charge < -0.3 is 19.7 Å². The third-order valence-corrected chi connectivity index (χ3v) is 4.98. The molecule has 3 fully saturated rings. The molecule has 6 heteroatoms. The normalized spacial score (nSPS) is 25.3. The number of hydrogen-bond acceptors (Lipinski definition) is 5. The minimum atomic E-state index is -0.218. The van der Waals surface area contributed by atoms with Crippen molar-refractivity contribution in [1.29, 1.82) is 0 Å². The summed E-state index contributed by atoms with van der Waals surface area (Å²) in [5.74, 6) is 5.78. The van der Waals surface area contributed by atoms with Gasteiger partial charge >= 0.3 is 0 Å². The maximum absolute atomic E-state index is 12.7. The predicted molar refractivity (Wildman–Crippen MR) is 88.4 cm³/mol. The molecule has 6 nitrogen and oxygen atoms in total. The average molecular weight is 325 g/mol. The van der Waals surface area contributed by atoms with Crippen LogP contribution >= 0.6 is 0 Å². The Labute approximate surface area is 139 Å². The number of pyridine rings is 1. The second-order valence-electron chi connectivity index (χ2n) is 6.36. The highest BCUT2D eigenvalue weighted by molar-refractivity contribution is 6.04. The number of fused-ring (bicyclic) bond motifs is 4. The fourth-order valence-corrected chi connectivity index (χ4v) is 3.72. The van der Waals surface area contributed by atoms with Crippen LogP contribution in [0, 0.1) is 17.8 Å². The highest BCUT2D eigenvalue weighted by Gasteiger charge is 2.35. The number of aliphatic hydroxyl groups excluding tert-OH is 1. The quantitative estimate of drug-likeness (QED) is 0.805. The van der Waals surface area contributed by atoms with Crippen molar-refractivity contribution in [1.82, 2.24) is 15.2 Å². The molecule has 0 aromatic carbocycles. The number of hydrogen-bond donors (Lipinski definition) is 2. The van der Waals surface area contributed by atoms with Crippen molar-refractivity contribution < 1.29 is 14.3 Å². The summed E-state index contributed by atoms with van der Waals surface area (Å²) in [5.41, 5.74) is 1.39. The molecule has 124 valence electrons. The van der Waals surface area contributed by atoms with Crippen LogP contribution in [0.25, 0.3) is 11.0 Å². The van der Waals surface area contributed by atoms with Gasteiger partial charge in [-0.15, -0.1) is 0 Å². The van der Waals surface area contributed by atoms with Gasteiger partial charge in [0.25, 0.3) is 5.91 Å². The Morgan fingerprint density at radius 1 is 1.46 bits per heavy atom. The van der Waals surface area contributed by atoms with E-state index in [2.05, 4.69) is 27.0 Å². The van der Waals surface area contributed by atoms with Crippen LogP contribution in [0.3, 0.4) is 0 Å². The van der Waals surface area contributed by atoms with Crippen molar-refractivity contribution in [3.8, 4) is 11.8 Å². The van der Waals surface area contributed by atoms with Gasteiger partial charge in [0.2, 0.25) is 0 Å². The van der Waals surface area contributed by atoms with Crippen molar-refractivity contribution in [2.75, 3.05) is 26.2 Å². The zero-order valence-electron chi connectivity index (χ0n) is 13.3. The van der Waals surface area contributed by atoms with Crippen LogP contribution in [-0.2, 0) is 0 Å². The molecule has 2 aromatic heterocycles. The Balaban J connectivity index is 1.59. The number of carbonyl (C=O) groups excluding carboxylic acids is 1. The first-order chi connectivity index (χ1) is 11.8. The second-order valence-corrected chi connectivity index (χ2v) is 6.36. The molecule has 0 saturated carbocycles. The number of nitrogens with one attached hydrogen (secondary N) is 1. The van der Waals surface area contributed by atoms with Gasteiger partial charge in [-0.25, -0.2) is 4.98 Å². The van der Waals surface area contributed by atoms with E-state index in [-0.39, 0.29) is 18.6 Å². The minimum absolute atomic E-state index is 0.181. The highest BCUT2D eigenvalue weighted by Crippen LogP contribution is 2.28. The lowest BCUT2D eigenvalue weighted by Crippen LogP contribution is -2.57. The molecular formula is C18H19N3O3. The van der Waals surface area contributed by atoms with E-state index in [1.807, 2.05) is 0 Å². The Bertz CT molecular complexity index is 825. The number of aliphatic hydroxyl groups is 1. The van der Waals surface area contributed by atoms with E-state index in [1.54, 1.807) is 12.3 Å². The van der Waals surface area contributed by atoms with Crippen LogP contribution in [0.2, 0.25) is 0 Å². The van der Waals surface area contributed by atoms with Gasteiger partial charge in [0.15, 0.2) is 11.3 Å². The van der Waals surface area contributed by atoms with Gasteiger partial charge in [-0.05, 0) is 37.9 Å². The number of carbonyl (C=O) groups is 1. The molecule has 3 aliphatic heterocycles. The number of piperidine rings is 3. The van der Waals surface area contributed by atoms with Crippen LogP contribution in [0.4, 0.5) is 0 Å². The van der Waals surface area contributed by atoms with Gasteiger partial charge in [-0.1, -0.05) is 11.8 Å². The summed E-state index contributed by atoms with van der Waals surface area (Å²) in [7, 11) is 0. The zero-order valence-corrected chi connectivity index (χ0v) is 13.3. The van der Waals surface area contributed by atoms with Crippen LogP contribution in [-0.4, -0.2) is 53.2 Å². The summed E-state index contributed by atoms with van der Waals surface area (Å²) >= 11 is 0. The Morgan fingerprint density at radius 3 is 3.00 bits per heavy atom. The molecule has 2 N–H and O–H groups in total. The smallest absolute Gasteiger partial charge is 0.274 e.